The Morgan fingerprint density at radius 2 is 1.93 bits per heavy atom. The van der Waals surface area contributed by atoms with E-state index in [4.69, 9.17) is 4.74 Å². The fourth-order valence-corrected chi connectivity index (χ4v) is 5.98. The van der Waals surface area contributed by atoms with Gasteiger partial charge in [-0.15, -0.1) is 0 Å². The molecule has 4 saturated heterocycles. The summed E-state index contributed by atoms with van der Waals surface area (Å²) < 4.78 is 33.8. The van der Waals surface area contributed by atoms with Gasteiger partial charge in [-0.1, -0.05) is 0 Å². The average Bonchev–Trinajstić information content (AvgIpc) is 3.42. The molecule has 0 aromatic rings. The van der Waals surface area contributed by atoms with Crippen molar-refractivity contribution in [2.24, 2.45) is 11.8 Å². The van der Waals surface area contributed by atoms with Gasteiger partial charge in [0.05, 0.1) is 18.2 Å². The summed E-state index contributed by atoms with van der Waals surface area (Å²) in [5.41, 5.74) is 6.79. The quantitative estimate of drug-likeness (QED) is 0.653. The van der Waals surface area contributed by atoms with Crippen LogP contribution in [0.25, 0.3) is 0 Å². The summed E-state index contributed by atoms with van der Waals surface area (Å²) >= 11 is 0. The van der Waals surface area contributed by atoms with Crippen molar-refractivity contribution in [1.29, 1.82) is 0 Å². The average molecular weight is 384 g/mol. The summed E-state index contributed by atoms with van der Waals surface area (Å²) in [5.74, 6) is 0.0248. The highest BCUT2D eigenvalue weighted by Crippen LogP contribution is 2.38. The molecule has 1 amide bonds. The zero-order valence-corrected chi connectivity index (χ0v) is 15.6. The highest BCUT2D eigenvalue weighted by atomic mass is 19.2. The summed E-state index contributed by atoms with van der Waals surface area (Å²) in [6.07, 6.45) is 1.76. The van der Waals surface area contributed by atoms with Crippen molar-refractivity contribution < 1.29 is 18.3 Å². The van der Waals surface area contributed by atoms with Gasteiger partial charge in [0, 0.05) is 43.6 Å². The number of nitrogens with zero attached hydrogens (tertiary/aromatic N) is 1. The van der Waals surface area contributed by atoms with Crippen LogP contribution in [0.3, 0.4) is 0 Å². The number of rotatable bonds is 2. The number of amides is 1. The lowest BCUT2D eigenvalue weighted by atomic mass is 9.82. The standard InChI is InChI=1S/C19H30F2N4O2/c20-12-3-4-13-10(17(12)21)8-15(22-13)19(26)25-6-5-14-11(9-25)18(24-23-14)16-2-1-7-27-16/h10-18,22-24H,1-9H2. The summed E-state index contributed by atoms with van der Waals surface area (Å²) in [4.78, 5) is 15.1. The number of fused-ring (bicyclic) bond motifs is 2. The first kappa shape index (κ1) is 18.2. The molecule has 0 spiro atoms. The second kappa shape index (κ2) is 7.21. The fourth-order valence-electron chi connectivity index (χ4n) is 5.98. The van der Waals surface area contributed by atoms with E-state index >= 15 is 0 Å². The first-order chi connectivity index (χ1) is 13.1. The van der Waals surface area contributed by atoms with Crippen LogP contribution in [0.15, 0.2) is 0 Å². The molecule has 5 rings (SSSR count). The number of halogens is 2. The van der Waals surface area contributed by atoms with Gasteiger partial charge < -0.3 is 15.0 Å². The predicted molar refractivity (Wildman–Crippen MR) is 95.4 cm³/mol. The third-order valence-corrected chi connectivity index (χ3v) is 7.48. The maximum atomic E-state index is 14.2. The highest BCUT2D eigenvalue weighted by Gasteiger charge is 2.50. The molecule has 5 aliphatic rings. The first-order valence-electron chi connectivity index (χ1n) is 10.6. The Labute approximate surface area is 158 Å². The molecule has 4 aliphatic heterocycles. The Hall–Kier alpha value is -0.830. The Bertz CT molecular complexity index is 576. The van der Waals surface area contributed by atoms with Crippen molar-refractivity contribution in [3.05, 3.63) is 0 Å². The number of hydrogen-bond acceptors (Lipinski definition) is 5. The fraction of sp³-hybridized carbons (Fsp3) is 0.947. The van der Waals surface area contributed by atoms with Gasteiger partial charge in [0.15, 0.2) is 0 Å². The van der Waals surface area contributed by atoms with E-state index in [1.54, 1.807) is 0 Å². The first-order valence-corrected chi connectivity index (χ1v) is 10.6. The molecule has 3 N–H and O–H groups in total. The van der Waals surface area contributed by atoms with Crippen LogP contribution in [0, 0.1) is 11.8 Å². The van der Waals surface area contributed by atoms with E-state index in [0.29, 0.717) is 37.9 Å². The monoisotopic (exact) mass is 384 g/mol. The van der Waals surface area contributed by atoms with Gasteiger partial charge in [0.1, 0.15) is 12.3 Å². The van der Waals surface area contributed by atoms with Crippen LogP contribution in [0.1, 0.15) is 38.5 Å². The Morgan fingerprint density at radius 3 is 2.74 bits per heavy atom. The normalized spacial score (nSPS) is 49.9. The Balaban J connectivity index is 1.23. The molecule has 152 valence electrons. The lowest BCUT2D eigenvalue weighted by Gasteiger charge is -2.38. The van der Waals surface area contributed by atoms with Crippen LogP contribution >= 0.6 is 0 Å². The van der Waals surface area contributed by atoms with E-state index in [9.17, 15) is 13.6 Å². The van der Waals surface area contributed by atoms with Gasteiger partial charge in [-0.3, -0.25) is 15.6 Å². The van der Waals surface area contributed by atoms with E-state index in [1.165, 1.54) is 0 Å². The second-order valence-corrected chi connectivity index (χ2v) is 8.97. The van der Waals surface area contributed by atoms with Gasteiger partial charge in [-0.25, -0.2) is 8.78 Å². The Kier molecular flexibility index (Phi) is 4.86. The minimum atomic E-state index is -1.44. The van der Waals surface area contributed by atoms with Gasteiger partial charge in [-0.2, -0.15) is 0 Å². The molecular formula is C19H30F2N4O2. The molecular weight excluding hydrogens is 354 g/mol. The molecule has 4 heterocycles. The number of hydrazine groups is 1. The molecule has 0 aromatic heterocycles. The summed E-state index contributed by atoms with van der Waals surface area (Å²) in [6.45, 7) is 2.23. The molecule has 5 fully saturated rings. The minimum Gasteiger partial charge on any atom is -0.377 e. The van der Waals surface area contributed by atoms with Crippen molar-refractivity contribution in [3.63, 3.8) is 0 Å². The second-order valence-electron chi connectivity index (χ2n) is 8.97. The number of carbonyl (C=O) groups is 1. The van der Waals surface area contributed by atoms with Crippen molar-refractivity contribution in [2.45, 2.75) is 81.1 Å². The summed E-state index contributed by atoms with van der Waals surface area (Å²) in [7, 11) is 0. The molecule has 0 radical (unpaired) electrons. The topological polar surface area (TPSA) is 65.6 Å². The summed E-state index contributed by atoms with van der Waals surface area (Å²) in [5, 5.41) is 3.31. The van der Waals surface area contributed by atoms with Crippen molar-refractivity contribution in [3.8, 4) is 0 Å². The maximum Gasteiger partial charge on any atom is 0.239 e. The lowest BCUT2D eigenvalue weighted by Crippen LogP contribution is -2.54. The lowest BCUT2D eigenvalue weighted by molar-refractivity contribution is -0.135. The third-order valence-electron chi connectivity index (χ3n) is 7.48. The predicted octanol–water partition coefficient (Wildman–Crippen LogP) is 0.676. The largest absolute Gasteiger partial charge is 0.377 e. The van der Waals surface area contributed by atoms with Crippen molar-refractivity contribution in [1.82, 2.24) is 21.1 Å². The van der Waals surface area contributed by atoms with Crippen LogP contribution in [-0.4, -0.2) is 73.1 Å². The zero-order valence-electron chi connectivity index (χ0n) is 15.6. The molecule has 8 heteroatoms. The molecule has 6 nitrogen and oxygen atoms in total. The van der Waals surface area contributed by atoms with E-state index in [-0.39, 0.29) is 42.5 Å². The third kappa shape index (κ3) is 3.18. The molecule has 9 unspecified atom stereocenters. The van der Waals surface area contributed by atoms with E-state index < -0.39 is 12.3 Å². The molecule has 9 atom stereocenters. The molecule has 0 bridgehead atoms. The number of alkyl halides is 2. The molecule has 1 saturated carbocycles. The SMILES string of the molecule is O=C(C1CC2C(CCC(F)C2F)N1)N1CCC2NNC(C3CCCO3)C2C1. The molecule has 0 aromatic carbocycles. The van der Waals surface area contributed by atoms with Gasteiger partial charge >= 0.3 is 0 Å². The number of piperidine rings is 1. The Morgan fingerprint density at radius 1 is 1.04 bits per heavy atom. The van der Waals surface area contributed by atoms with Crippen molar-refractivity contribution in [2.75, 3.05) is 19.7 Å². The van der Waals surface area contributed by atoms with Gasteiger partial charge in [0.25, 0.3) is 0 Å². The number of nitrogens with one attached hydrogen (secondary N) is 3. The highest BCUT2D eigenvalue weighted by molar-refractivity contribution is 5.82. The maximum absolute atomic E-state index is 14.2. The van der Waals surface area contributed by atoms with Gasteiger partial charge in [0.2, 0.25) is 5.91 Å². The van der Waals surface area contributed by atoms with E-state index in [2.05, 4.69) is 16.2 Å². The van der Waals surface area contributed by atoms with Crippen LogP contribution in [0.4, 0.5) is 8.78 Å². The molecule has 1 aliphatic carbocycles. The van der Waals surface area contributed by atoms with Crippen LogP contribution in [0.2, 0.25) is 0 Å². The number of ether oxygens (including phenoxy) is 1. The minimum absolute atomic E-state index is 0.0587. The van der Waals surface area contributed by atoms with Crippen LogP contribution in [0.5, 0.6) is 0 Å². The van der Waals surface area contributed by atoms with Crippen LogP contribution in [-0.2, 0) is 9.53 Å². The number of hydrogen-bond donors (Lipinski definition) is 3. The number of carbonyl (C=O) groups excluding carboxylic acids is 1. The smallest absolute Gasteiger partial charge is 0.239 e. The van der Waals surface area contributed by atoms with Crippen molar-refractivity contribution >= 4 is 5.91 Å². The van der Waals surface area contributed by atoms with Crippen LogP contribution < -0.4 is 16.2 Å². The summed E-state index contributed by atoms with van der Waals surface area (Å²) in [6, 6.07) is 0.163. The zero-order chi connectivity index (χ0) is 18.5. The molecule has 27 heavy (non-hydrogen) atoms. The number of likely N-dealkylation sites (tertiary alicyclic amines) is 1. The van der Waals surface area contributed by atoms with Gasteiger partial charge in [-0.05, 0) is 38.5 Å². The van der Waals surface area contributed by atoms with E-state index in [0.717, 1.165) is 25.9 Å². The van der Waals surface area contributed by atoms with E-state index in [1.807, 2.05) is 4.90 Å².